The van der Waals surface area contributed by atoms with E-state index in [1.807, 2.05) is 31.2 Å². The molecule has 0 radical (unpaired) electrons. The van der Waals surface area contributed by atoms with Gasteiger partial charge < -0.3 is 20.3 Å². The van der Waals surface area contributed by atoms with Crippen LogP contribution in [0, 0.1) is 12.8 Å². The monoisotopic (exact) mass is 391 g/mol. The fourth-order valence-electron chi connectivity index (χ4n) is 3.55. The quantitative estimate of drug-likeness (QED) is 0.811. The third-order valence-electron chi connectivity index (χ3n) is 5.12. The van der Waals surface area contributed by atoms with Crippen LogP contribution >= 0.6 is 0 Å². The van der Waals surface area contributed by atoms with Gasteiger partial charge in [-0.15, -0.1) is 0 Å². The maximum Gasteiger partial charge on any atom is 0.393 e. The number of hydrogen-bond donors (Lipinski definition) is 2. The van der Waals surface area contributed by atoms with E-state index in [9.17, 15) is 18.0 Å². The first-order chi connectivity index (χ1) is 13.3. The smallest absolute Gasteiger partial charge is 0.393 e. The lowest BCUT2D eigenvalue weighted by molar-refractivity contribution is -0.168. The van der Waals surface area contributed by atoms with Crippen molar-refractivity contribution in [1.29, 1.82) is 0 Å². The van der Waals surface area contributed by atoms with E-state index < -0.39 is 12.1 Å². The molecule has 2 aromatic rings. The van der Waals surface area contributed by atoms with E-state index in [2.05, 4.69) is 10.6 Å². The Hall–Kier alpha value is -2.90. The van der Waals surface area contributed by atoms with Crippen LogP contribution in [0.5, 0.6) is 5.75 Å². The Morgan fingerprint density at radius 2 is 2.04 bits per heavy atom. The van der Waals surface area contributed by atoms with Gasteiger partial charge >= 0.3 is 6.18 Å². The van der Waals surface area contributed by atoms with E-state index in [4.69, 9.17) is 4.74 Å². The number of aryl methyl sites for hydroxylation is 1. The molecule has 0 spiro atoms. The van der Waals surface area contributed by atoms with E-state index in [0.717, 1.165) is 22.6 Å². The number of nitrogens with zero attached hydrogens (tertiary/aromatic N) is 1. The third-order valence-corrected chi connectivity index (χ3v) is 5.12. The molecule has 0 bridgehead atoms. The maximum absolute atomic E-state index is 12.9. The minimum atomic E-state index is -4.14. The molecule has 2 aromatic carbocycles. The van der Waals surface area contributed by atoms with Crippen molar-refractivity contribution in [2.45, 2.75) is 19.5 Å². The molecule has 4 rings (SSSR count). The molecule has 2 heterocycles. The second kappa shape index (κ2) is 6.92. The van der Waals surface area contributed by atoms with Crippen molar-refractivity contribution >= 4 is 28.7 Å². The molecule has 8 heteroatoms. The summed E-state index contributed by atoms with van der Waals surface area (Å²) in [6.07, 6.45) is -4.01. The van der Waals surface area contributed by atoms with E-state index in [-0.39, 0.29) is 25.5 Å². The molecule has 0 saturated carbocycles. The molecule has 0 aliphatic carbocycles. The van der Waals surface area contributed by atoms with Gasteiger partial charge in [-0.2, -0.15) is 13.2 Å². The number of anilines is 4. The van der Waals surface area contributed by atoms with Crippen molar-refractivity contribution < 1.29 is 22.7 Å². The predicted molar refractivity (Wildman–Crippen MR) is 101 cm³/mol. The second-order valence-corrected chi connectivity index (χ2v) is 7.15. The van der Waals surface area contributed by atoms with Crippen LogP contribution in [0.3, 0.4) is 0 Å². The van der Waals surface area contributed by atoms with Crippen molar-refractivity contribution in [3.63, 3.8) is 0 Å². The summed E-state index contributed by atoms with van der Waals surface area (Å²) in [5.41, 5.74) is 4.01. The average Bonchev–Trinajstić information content (AvgIpc) is 3.14. The zero-order valence-corrected chi connectivity index (χ0v) is 15.3. The fraction of sp³-hybridized carbons (Fsp3) is 0.350. The van der Waals surface area contributed by atoms with Gasteiger partial charge in [-0.05, 0) is 49.2 Å². The van der Waals surface area contributed by atoms with Crippen LogP contribution in [0.1, 0.15) is 12.0 Å². The minimum Gasteiger partial charge on any atom is -0.482 e. The summed E-state index contributed by atoms with van der Waals surface area (Å²) in [5, 5.41) is 6.03. The molecule has 0 unspecified atom stereocenters. The van der Waals surface area contributed by atoms with Gasteiger partial charge in [-0.3, -0.25) is 4.79 Å². The molecule has 1 fully saturated rings. The topological polar surface area (TPSA) is 53.6 Å². The predicted octanol–water partition coefficient (Wildman–Crippen LogP) is 4.46. The lowest BCUT2D eigenvalue weighted by Crippen LogP contribution is -2.27. The van der Waals surface area contributed by atoms with Crippen LogP contribution in [0.2, 0.25) is 0 Å². The number of rotatable bonds is 3. The molecule has 1 amide bonds. The summed E-state index contributed by atoms with van der Waals surface area (Å²) >= 11 is 0. The molecule has 2 N–H and O–H groups in total. The molecule has 28 heavy (non-hydrogen) atoms. The summed E-state index contributed by atoms with van der Waals surface area (Å²) in [7, 11) is 0. The second-order valence-electron chi connectivity index (χ2n) is 7.15. The molecule has 5 nitrogen and oxygen atoms in total. The number of carbonyl (C=O) groups is 1. The van der Waals surface area contributed by atoms with Gasteiger partial charge in [0.15, 0.2) is 6.61 Å². The van der Waals surface area contributed by atoms with Crippen molar-refractivity contribution in [2.24, 2.45) is 5.92 Å². The standard InChI is InChI=1S/C20H20F3N3O2/c1-12-8-15(26-7-6-13(10-26)20(21,22)23)3-5-16(12)24-14-2-4-17-18(9-14)28-11-19(27)25-17/h2-5,8-9,13,24H,6-7,10-11H2,1H3,(H,25,27)/t13-/m1/s1. The number of carbonyl (C=O) groups excluding carboxylic acids is 1. The SMILES string of the molecule is Cc1cc(N2CC[C@@H](C(F)(F)F)C2)ccc1Nc1ccc2c(c1)OCC(=O)N2. The van der Waals surface area contributed by atoms with Gasteiger partial charge in [-0.1, -0.05) is 0 Å². The number of nitrogens with one attached hydrogen (secondary N) is 2. The van der Waals surface area contributed by atoms with Crippen LogP contribution in [0.15, 0.2) is 36.4 Å². The summed E-state index contributed by atoms with van der Waals surface area (Å²) in [6.45, 7) is 2.31. The van der Waals surface area contributed by atoms with E-state index >= 15 is 0 Å². The van der Waals surface area contributed by atoms with Gasteiger partial charge in [0.2, 0.25) is 0 Å². The third kappa shape index (κ3) is 3.72. The number of amides is 1. The largest absolute Gasteiger partial charge is 0.482 e. The Morgan fingerprint density at radius 3 is 2.75 bits per heavy atom. The van der Waals surface area contributed by atoms with Crippen LogP contribution in [0.25, 0.3) is 0 Å². The number of halogens is 3. The Labute approximate surface area is 160 Å². The van der Waals surface area contributed by atoms with E-state index in [1.165, 1.54) is 0 Å². The van der Waals surface area contributed by atoms with Crippen LogP contribution in [-0.2, 0) is 4.79 Å². The van der Waals surface area contributed by atoms with E-state index in [0.29, 0.717) is 18.0 Å². The Morgan fingerprint density at radius 1 is 1.21 bits per heavy atom. The molecular formula is C20H20F3N3O2. The maximum atomic E-state index is 12.9. The highest BCUT2D eigenvalue weighted by molar-refractivity contribution is 5.95. The van der Waals surface area contributed by atoms with Crippen molar-refractivity contribution in [1.82, 2.24) is 0 Å². The number of benzene rings is 2. The molecule has 1 atom stereocenters. The number of fused-ring (bicyclic) bond motifs is 1. The highest BCUT2D eigenvalue weighted by Gasteiger charge is 2.43. The van der Waals surface area contributed by atoms with Crippen molar-refractivity contribution in [3.8, 4) is 5.75 Å². The number of ether oxygens (including phenoxy) is 1. The molecular weight excluding hydrogens is 371 g/mol. The first kappa shape index (κ1) is 18.5. The minimum absolute atomic E-state index is 0.00357. The van der Waals surface area contributed by atoms with Gasteiger partial charge in [-0.25, -0.2) is 0 Å². The molecule has 0 aromatic heterocycles. The van der Waals surface area contributed by atoms with Gasteiger partial charge in [0.25, 0.3) is 5.91 Å². The number of alkyl halides is 3. The van der Waals surface area contributed by atoms with Gasteiger partial charge in [0.05, 0.1) is 11.6 Å². The highest BCUT2D eigenvalue weighted by atomic mass is 19.4. The fourth-order valence-corrected chi connectivity index (χ4v) is 3.55. The molecule has 1 saturated heterocycles. The normalized spacial score (nSPS) is 19.1. The van der Waals surface area contributed by atoms with Crippen LogP contribution in [-0.4, -0.2) is 31.8 Å². The zero-order valence-electron chi connectivity index (χ0n) is 15.3. The Kier molecular flexibility index (Phi) is 4.56. The summed E-state index contributed by atoms with van der Waals surface area (Å²) in [6, 6.07) is 11.0. The van der Waals surface area contributed by atoms with E-state index in [1.54, 1.807) is 17.0 Å². The molecule has 2 aliphatic heterocycles. The summed E-state index contributed by atoms with van der Waals surface area (Å²) < 4.78 is 44.1. The van der Waals surface area contributed by atoms with Gasteiger partial charge in [0, 0.05) is 36.2 Å². The average molecular weight is 391 g/mol. The lowest BCUT2D eigenvalue weighted by Gasteiger charge is -2.22. The number of hydrogen-bond acceptors (Lipinski definition) is 4. The van der Waals surface area contributed by atoms with Crippen molar-refractivity contribution in [3.05, 3.63) is 42.0 Å². The van der Waals surface area contributed by atoms with Crippen molar-refractivity contribution in [2.75, 3.05) is 35.2 Å². The Bertz CT molecular complexity index is 914. The first-order valence-corrected chi connectivity index (χ1v) is 9.05. The van der Waals surface area contributed by atoms with Crippen LogP contribution in [0.4, 0.5) is 35.9 Å². The summed E-state index contributed by atoms with van der Waals surface area (Å²) in [5.74, 6) is -0.856. The van der Waals surface area contributed by atoms with Crippen LogP contribution < -0.4 is 20.3 Å². The first-order valence-electron chi connectivity index (χ1n) is 9.05. The zero-order chi connectivity index (χ0) is 19.9. The lowest BCUT2D eigenvalue weighted by atomic mass is 10.1. The summed E-state index contributed by atoms with van der Waals surface area (Å²) in [4.78, 5) is 13.1. The molecule has 2 aliphatic rings. The highest BCUT2D eigenvalue weighted by Crippen LogP contribution is 2.37. The molecule has 148 valence electrons. The van der Waals surface area contributed by atoms with Gasteiger partial charge in [0.1, 0.15) is 5.75 Å². The Balaban J connectivity index is 1.48.